The minimum Gasteiger partial charge on any atom is -0.392 e. The molecule has 1 aromatic carbocycles. The first-order valence-corrected chi connectivity index (χ1v) is 4.25. The van der Waals surface area contributed by atoms with Gasteiger partial charge in [-0.3, -0.25) is 0 Å². The summed E-state index contributed by atoms with van der Waals surface area (Å²) in [5.41, 5.74) is 0.786. The standard InChI is InChI=1S/C7H6ClIO/c8-7-5(4-10)2-1-3-6(7)9/h1-3,10H,4H2. The van der Waals surface area contributed by atoms with Crippen molar-refractivity contribution < 1.29 is 5.11 Å². The lowest BCUT2D eigenvalue weighted by Crippen LogP contribution is -1.85. The van der Waals surface area contributed by atoms with Gasteiger partial charge in [0.25, 0.3) is 0 Å². The maximum Gasteiger partial charge on any atom is 0.0696 e. The van der Waals surface area contributed by atoms with Crippen molar-refractivity contribution >= 4 is 34.2 Å². The third-order valence-corrected chi connectivity index (χ3v) is 2.87. The lowest BCUT2D eigenvalue weighted by Gasteiger charge is -2.00. The van der Waals surface area contributed by atoms with Crippen molar-refractivity contribution in [1.29, 1.82) is 0 Å². The van der Waals surface area contributed by atoms with Crippen molar-refractivity contribution in [3.63, 3.8) is 0 Å². The van der Waals surface area contributed by atoms with E-state index in [-0.39, 0.29) is 6.61 Å². The molecule has 0 fully saturated rings. The second-order valence-corrected chi connectivity index (χ2v) is 3.41. The molecule has 0 spiro atoms. The molecule has 0 amide bonds. The van der Waals surface area contributed by atoms with Crippen LogP contribution in [0.25, 0.3) is 0 Å². The van der Waals surface area contributed by atoms with Gasteiger partial charge in [0.1, 0.15) is 0 Å². The Hall–Kier alpha value is 0.200. The van der Waals surface area contributed by atoms with Crippen LogP contribution in [-0.4, -0.2) is 5.11 Å². The van der Waals surface area contributed by atoms with Crippen LogP contribution in [0.15, 0.2) is 18.2 Å². The summed E-state index contributed by atoms with van der Waals surface area (Å²) in [5, 5.41) is 9.41. The Bertz CT molecular complexity index is 237. The first kappa shape index (κ1) is 8.30. The highest BCUT2D eigenvalue weighted by atomic mass is 127. The molecule has 0 bridgehead atoms. The first-order valence-electron chi connectivity index (χ1n) is 2.79. The van der Waals surface area contributed by atoms with E-state index in [0.717, 1.165) is 9.13 Å². The number of halogens is 2. The molecule has 3 heteroatoms. The van der Waals surface area contributed by atoms with Crippen LogP contribution >= 0.6 is 34.2 Å². The summed E-state index contributed by atoms with van der Waals surface area (Å²) in [5.74, 6) is 0. The molecule has 0 aliphatic rings. The Balaban J connectivity index is 3.14. The second-order valence-electron chi connectivity index (χ2n) is 1.87. The van der Waals surface area contributed by atoms with Gasteiger partial charge in [0.15, 0.2) is 0 Å². The molecule has 0 saturated heterocycles. The van der Waals surface area contributed by atoms with Gasteiger partial charge in [0.05, 0.1) is 11.6 Å². The predicted molar refractivity (Wildman–Crippen MR) is 50.1 cm³/mol. The number of rotatable bonds is 1. The Labute approximate surface area is 78.2 Å². The van der Waals surface area contributed by atoms with E-state index >= 15 is 0 Å². The van der Waals surface area contributed by atoms with E-state index in [4.69, 9.17) is 16.7 Å². The summed E-state index contributed by atoms with van der Waals surface area (Å²) in [6.45, 7) is 0.00960. The Morgan fingerprint density at radius 2 is 2.20 bits per heavy atom. The van der Waals surface area contributed by atoms with Crippen LogP contribution in [0, 0.1) is 3.57 Å². The molecule has 54 valence electrons. The number of aliphatic hydroxyl groups excluding tert-OH is 1. The average Bonchev–Trinajstić information content (AvgIpc) is 1.95. The van der Waals surface area contributed by atoms with Crippen molar-refractivity contribution in [2.24, 2.45) is 0 Å². The van der Waals surface area contributed by atoms with Crippen LogP contribution in [0.2, 0.25) is 5.02 Å². The molecule has 1 N–H and O–H groups in total. The van der Waals surface area contributed by atoms with E-state index < -0.39 is 0 Å². The molecular formula is C7H6ClIO. The summed E-state index contributed by atoms with van der Waals surface area (Å²) >= 11 is 7.96. The molecule has 0 unspecified atom stereocenters. The zero-order chi connectivity index (χ0) is 7.56. The maximum absolute atomic E-state index is 8.76. The van der Waals surface area contributed by atoms with E-state index in [1.165, 1.54) is 0 Å². The van der Waals surface area contributed by atoms with Crippen LogP contribution in [0.4, 0.5) is 0 Å². The van der Waals surface area contributed by atoms with Crippen LogP contribution in [-0.2, 0) is 6.61 Å². The molecule has 0 radical (unpaired) electrons. The molecular weight excluding hydrogens is 262 g/mol. The highest BCUT2D eigenvalue weighted by Crippen LogP contribution is 2.22. The Kier molecular flexibility index (Phi) is 2.95. The van der Waals surface area contributed by atoms with Gasteiger partial charge < -0.3 is 5.11 Å². The zero-order valence-corrected chi connectivity index (χ0v) is 8.06. The number of benzene rings is 1. The molecule has 1 nitrogen and oxygen atoms in total. The molecule has 0 saturated carbocycles. The molecule has 0 aliphatic carbocycles. The molecule has 0 aromatic heterocycles. The van der Waals surface area contributed by atoms with Crippen molar-refractivity contribution in [2.75, 3.05) is 0 Å². The number of aliphatic hydroxyl groups is 1. The summed E-state index contributed by atoms with van der Waals surface area (Å²) in [7, 11) is 0. The first-order chi connectivity index (χ1) is 4.75. The lowest BCUT2D eigenvalue weighted by atomic mass is 10.2. The van der Waals surface area contributed by atoms with E-state index in [9.17, 15) is 0 Å². The van der Waals surface area contributed by atoms with Gasteiger partial charge in [-0.2, -0.15) is 0 Å². The van der Waals surface area contributed by atoms with Gasteiger partial charge in [-0.05, 0) is 34.2 Å². The topological polar surface area (TPSA) is 20.2 Å². The normalized spacial score (nSPS) is 9.90. The molecule has 1 rings (SSSR count). The van der Waals surface area contributed by atoms with Crippen LogP contribution < -0.4 is 0 Å². The van der Waals surface area contributed by atoms with Gasteiger partial charge in [0.2, 0.25) is 0 Å². The highest BCUT2D eigenvalue weighted by Gasteiger charge is 2.00. The van der Waals surface area contributed by atoms with Gasteiger partial charge in [0, 0.05) is 3.57 Å². The maximum atomic E-state index is 8.76. The fourth-order valence-electron chi connectivity index (χ4n) is 0.671. The number of hydrogen-bond donors (Lipinski definition) is 1. The van der Waals surface area contributed by atoms with Gasteiger partial charge in [-0.15, -0.1) is 0 Å². The molecule has 0 heterocycles. The average molecular weight is 268 g/mol. The van der Waals surface area contributed by atoms with Crippen molar-refractivity contribution in [3.8, 4) is 0 Å². The second kappa shape index (κ2) is 3.55. The summed E-state index contributed by atoms with van der Waals surface area (Å²) in [6.07, 6.45) is 0. The van der Waals surface area contributed by atoms with Crippen LogP contribution in [0.3, 0.4) is 0 Å². The van der Waals surface area contributed by atoms with Crippen molar-refractivity contribution in [1.82, 2.24) is 0 Å². The molecule has 10 heavy (non-hydrogen) atoms. The summed E-state index contributed by atoms with van der Waals surface area (Å²) < 4.78 is 0.978. The zero-order valence-electron chi connectivity index (χ0n) is 5.14. The minimum atomic E-state index is 0.00960. The van der Waals surface area contributed by atoms with Gasteiger partial charge >= 0.3 is 0 Å². The molecule has 1 aromatic rings. The van der Waals surface area contributed by atoms with E-state index in [2.05, 4.69) is 22.6 Å². The number of hydrogen-bond acceptors (Lipinski definition) is 1. The van der Waals surface area contributed by atoms with Crippen LogP contribution in [0.5, 0.6) is 0 Å². The molecule has 0 aliphatic heterocycles. The molecule has 0 atom stereocenters. The van der Waals surface area contributed by atoms with Gasteiger partial charge in [-0.1, -0.05) is 23.7 Å². The largest absolute Gasteiger partial charge is 0.392 e. The minimum absolute atomic E-state index is 0.00960. The predicted octanol–water partition coefficient (Wildman–Crippen LogP) is 2.44. The third kappa shape index (κ3) is 1.62. The smallest absolute Gasteiger partial charge is 0.0696 e. The summed E-state index contributed by atoms with van der Waals surface area (Å²) in [6, 6.07) is 5.59. The third-order valence-electron chi connectivity index (χ3n) is 1.20. The van der Waals surface area contributed by atoms with Gasteiger partial charge in [-0.25, -0.2) is 0 Å². The van der Waals surface area contributed by atoms with Crippen LogP contribution in [0.1, 0.15) is 5.56 Å². The monoisotopic (exact) mass is 268 g/mol. The fraction of sp³-hybridized carbons (Fsp3) is 0.143. The van der Waals surface area contributed by atoms with Crippen molar-refractivity contribution in [3.05, 3.63) is 32.4 Å². The summed E-state index contributed by atoms with van der Waals surface area (Å²) in [4.78, 5) is 0. The van der Waals surface area contributed by atoms with E-state index in [1.807, 2.05) is 18.2 Å². The fourth-order valence-corrected chi connectivity index (χ4v) is 1.41. The highest BCUT2D eigenvalue weighted by molar-refractivity contribution is 14.1. The van der Waals surface area contributed by atoms with Crippen molar-refractivity contribution in [2.45, 2.75) is 6.61 Å². The SMILES string of the molecule is OCc1cccc(I)c1Cl. The quantitative estimate of drug-likeness (QED) is 0.776. The lowest BCUT2D eigenvalue weighted by molar-refractivity contribution is 0.282. The van der Waals surface area contributed by atoms with E-state index in [1.54, 1.807) is 0 Å². The Morgan fingerprint density at radius 3 is 2.70 bits per heavy atom. The Morgan fingerprint density at radius 1 is 1.50 bits per heavy atom. The van der Waals surface area contributed by atoms with E-state index in [0.29, 0.717) is 5.02 Å².